The number of hydrogen-bond acceptors (Lipinski definition) is 3. The van der Waals surface area contributed by atoms with Gasteiger partial charge in [0.05, 0.1) is 5.69 Å². The molecule has 2 rings (SSSR count). The molecule has 1 heterocycles. The van der Waals surface area contributed by atoms with Crippen molar-refractivity contribution in [1.82, 2.24) is 4.98 Å². The van der Waals surface area contributed by atoms with E-state index in [4.69, 9.17) is 0 Å². The van der Waals surface area contributed by atoms with Crippen LogP contribution in [-0.4, -0.2) is 12.0 Å². The van der Waals surface area contributed by atoms with Crippen LogP contribution in [0.15, 0.2) is 59.0 Å². The van der Waals surface area contributed by atoms with Gasteiger partial charge in [0.15, 0.2) is 5.82 Å². The molecule has 0 saturated carbocycles. The summed E-state index contributed by atoms with van der Waals surface area (Å²) in [5.74, 6) is 0.603. The molecule has 17 heavy (non-hydrogen) atoms. The van der Waals surface area contributed by atoms with E-state index in [1.807, 2.05) is 49.5 Å². The van der Waals surface area contributed by atoms with Crippen LogP contribution in [0.1, 0.15) is 5.56 Å². The van der Waals surface area contributed by atoms with Crippen molar-refractivity contribution in [3.05, 3.63) is 54.2 Å². The quantitative estimate of drug-likeness (QED) is 0.593. The summed E-state index contributed by atoms with van der Waals surface area (Å²) in [6.45, 7) is 2.05. The lowest BCUT2D eigenvalue weighted by atomic mass is 10.2. The fourth-order valence-corrected chi connectivity index (χ4v) is 1.34. The molecule has 0 amide bonds. The van der Waals surface area contributed by atoms with Crippen LogP contribution in [0.4, 0.5) is 11.5 Å². The Balaban J connectivity index is 2.09. The van der Waals surface area contributed by atoms with E-state index >= 15 is 0 Å². The Labute approximate surface area is 101 Å². The van der Waals surface area contributed by atoms with E-state index in [-0.39, 0.29) is 0 Å². The van der Waals surface area contributed by atoms with Crippen LogP contribution >= 0.6 is 0 Å². The molecule has 1 aromatic heterocycles. The van der Waals surface area contributed by atoms with E-state index in [2.05, 4.69) is 22.2 Å². The number of aryl methyl sites for hydroxylation is 1. The highest BCUT2D eigenvalue weighted by atomic mass is 15.5. The first kappa shape index (κ1) is 11.3. The average molecular weight is 226 g/mol. The zero-order valence-corrected chi connectivity index (χ0v) is 9.91. The number of pyridine rings is 1. The monoisotopic (exact) mass is 226 g/mol. The Bertz CT molecular complexity index is 491. The minimum absolute atomic E-state index is 0.603. The molecule has 0 saturated heterocycles. The Morgan fingerprint density at radius 3 is 2.47 bits per heavy atom. The summed E-state index contributed by atoms with van der Waals surface area (Å²) in [5.41, 5.74) is 2.22. The van der Waals surface area contributed by atoms with Gasteiger partial charge in [-0.3, -0.25) is 0 Å². The third kappa shape index (κ3) is 3.11. The van der Waals surface area contributed by atoms with Gasteiger partial charge in [0, 0.05) is 13.2 Å². The van der Waals surface area contributed by atoms with Crippen molar-refractivity contribution in [2.45, 2.75) is 6.92 Å². The molecule has 4 heteroatoms. The zero-order valence-electron chi connectivity index (χ0n) is 9.91. The number of hydrogen-bond donors (Lipinski definition) is 0. The molecule has 4 nitrogen and oxygen atoms in total. The maximum atomic E-state index is 4.09. The maximum Gasteiger partial charge on any atom is 0.176 e. The molecule has 0 aliphatic rings. The minimum Gasteiger partial charge on any atom is -0.250 e. The third-order valence-corrected chi connectivity index (χ3v) is 2.34. The standard InChI is InChI=1S/C13H14N4/c1-11-6-8-12(9-7-11)17(2)16-15-13-5-3-4-10-14-13/h3-10H,1-2H3. The van der Waals surface area contributed by atoms with Crippen molar-refractivity contribution in [3.63, 3.8) is 0 Å². The molecule has 0 aliphatic heterocycles. The predicted molar refractivity (Wildman–Crippen MR) is 68.3 cm³/mol. The number of nitrogens with zero attached hydrogens (tertiary/aromatic N) is 4. The van der Waals surface area contributed by atoms with Gasteiger partial charge in [-0.25, -0.2) is 9.99 Å². The summed E-state index contributed by atoms with van der Waals surface area (Å²) in [5, 5.41) is 9.85. The van der Waals surface area contributed by atoms with E-state index in [1.54, 1.807) is 11.2 Å². The summed E-state index contributed by atoms with van der Waals surface area (Å²) >= 11 is 0. The zero-order chi connectivity index (χ0) is 12.1. The number of anilines is 1. The second-order valence-electron chi connectivity index (χ2n) is 3.74. The second kappa shape index (κ2) is 5.21. The van der Waals surface area contributed by atoms with E-state index in [0.717, 1.165) is 5.69 Å². The first-order chi connectivity index (χ1) is 8.25. The molecular formula is C13H14N4. The van der Waals surface area contributed by atoms with Crippen molar-refractivity contribution in [3.8, 4) is 0 Å². The SMILES string of the molecule is Cc1ccc(N(C)N=Nc2ccccn2)cc1. The highest BCUT2D eigenvalue weighted by molar-refractivity contribution is 5.45. The summed E-state index contributed by atoms with van der Waals surface area (Å²) in [7, 11) is 1.86. The van der Waals surface area contributed by atoms with Gasteiger partial charge in [-0.05, 0) is 31.2 Å². The second-order valence-corrected chi connectivity index (χ2v) is 3.74. The lowest BCUT2D eigenvalue weighted by Crippen LogP contribution is -2.06. The van der Waals surface area contributed by atoms with Gasteiger partial charge in [0.2, 0.25) is 0 Å². The van der Waals surface area contributed by atoms with Crippen molar-refractivity contribution in [1.29, 1.82) is 0 Å². The molecular weight excluding hydrogens is 212 g/mol. The van der Waals surface area contributed by atoms with E-state index in [9.17, 15) is 0 Å². The van der Waals surface area contributed by atoms with Crippen LogP contribution in [-0.2, 0) is 0 Å². The van der Waals surface area contributed by atoms with Gasteiger partial charge in [0.1, 0.15) is 0 Å². The predicted octanol–water partition coefficient (Wildman–Crippen LogP) is 3.53. The van der Waals surface area contributed by atoms with Gasteiger partial charge in [-0.1, -0.05) is 29.0 Å². The third-order valence-electron chi connectivity index (χ3n) is 2.34. The molecule has 0 spiro atoms. The van der Waals surface area contributed by atoms with Gasteiger partial charge in [-0.15, -0.1) is 5.11 Å². The van der Waals surface area contributed by atoms with Crippen molar-refractivity contribution in [2.75, 3.05) is 12.1 Å². The number of benzene rings is 1. The topological polar surface area (TPSA) is 40.9 Å². The fraction of sp³-hybridized carbons (Fsp3) is 0.154. The van der Waals surface area contributed by atoms with Crippen LogP contribution < -0.4 is 5.01 Å². The van der Waals surface area contributed by atoms with Gasteiger partial charge < -0.3 is 0 Å². The van der Waals surface area contributed by atoms with Crippen LogP contribution in [0, 0.1) is 6.92 Å². The molecule has 86 valence electrons. The maximum absolute atomic E-state index is 4.09. The Hall–Kier alpha value is -2.23. The van der Waals surface area contributed by atoms with Gasteiger partial charge in [-0.2, -0.15) is 0 Å². The summed E-state index contributed by atoms with van der Waals surface area (Å²) in [4.78, 5) is 4.07. The van der Waals surface area contributed by atoms with Crippen LogP contribution in [0.25, 0.3) is 0 Å². The van der Waals surface area contributed by atoms with Crippen LogP contribution in [0.2, 0.25) is 0 Å². The molecule has 0 atom stereocenters. The highest BCUT2D eigenvalue weighted by Gasteiger charge is 1.97. The van der Waals surface area contributed by atoms with Gasteiger partial charge in [0.25, 0.3) is 0 Å². The lowest BCUT2D eigenvalue weighted by Gasteiger charge is -2.10. The molecule has 0 aliphatic carbocycles. The molecule has 0 N–H and O–H groups in total. The summed E-state index contributed by atoms with van der Waals surface area (Å²) < 4.78 is 0. The van der Waals surface area contributed by atoms with Crippen LogP contribution in [0.3, 0.4) is 0 Å². The molecule has 0 bridgehead atoms. The molecule has 0 radical (unpaired) electrons. The van der Waals surface area contributed by atoms with Gasteiger partial charge >= 0.3 is 0 Å². The van der Waals surface area contributed by atoms with E-state index < -0.39 is 0 Å². The smallest absolute Gasteiger partial charge is 0.176 e. The fourth-order valence-electron chi connectivity index (χ4n) is 1.34. The molecule has 2 aromatic rings. The molecule has 1 aromatic carbocycles. The Morgan fingerprint density at radius 2 is 1.82 bits per heavy atom. The summed E-state index contributed by atoms with van der Waals surface area (Å²) in [6.07, 6.45) is 1.69. The van der Waals surface area contributed by atoms with Crippen molar-refractivity contribution >= 4 is 11.5 Å². The average Bonchev–Trinajstić information content (AvgIpc) is 2.38. The first-order valence-electron chi connectivity index (χ1n) is 5.39. The highest BCUT2D eigenvalue weighted by Crippen LogP contribution is 2.15. The van der Waals surface area contributed by atoms with E-state index in [0.29, 0.717) is 5.82 Å². The summed E-state index contributed by atoms with van der Waals surface area (Å²) in [6, 6.07) is 13.6. The number of rotatable bonds is 3. The van der Waals surface area contributed by atoms with Crippen LogP contribution in [0.5, 0.6) is 0 Å². The molecule has 0 fully saturated rings. The lowest BCUT2D eigenvalue weighted by molar-refractivity contribution is 0.914. The van der Waals surface area contributed by atoms with Crippen molar-refractivity contribution < 1.29 is 0 Å². The Morgan fingerprint density at radius 1 is 1.06 bits per heavy atom. The molecule has 0 unspecified atom stereocenters. The first-order valence-corrected chi connectivity index (χ1v) is 5.39. The number of aromatic nitrogens is 1. The largest absolute Gasteiger partial charge is 0.250 e. The normalized spacial score (nSPS) is 10.7. The Kier molecular flexibility index (Phi) is 3.45. The van der Waals surface area contributed by atoms with Crippen molar-refractivity contribution in [2.24, 2.45) is 10.3 Å². The van der Waals surface area contributed by atoms with E-state index in [1.165, 1.54) is 5.56 Å². The minimum atomic E-state index is 0.603.